The number of esters is 1. The van der Waals surface area contributed by atoms with Gasteiger partial charge in [0.05, 0.1) is 22.8 Å². The maximum Gasteiger partial charge on any atom is 0.416 e. The average Bonchev–Trinajstić information content (AvgIpc) is 3.33. The summed E-state index contributed by atoms with van der Waals surface area (Å²) in [4.78, 5) is 16.4. The Morgan fingerprint density at radius 2 is 1.81 bits per heavy atom. The molecule has 194 valence electrons. The van der Waals surface area contributed by atoms with Crippen molar-refractivity contribution in [3.8, 4) is 5.88 Å². The average molecular weight is 538 g/mol. The fourth-order valence-corrected chi connectivity index (χ4v) is 4.36. The molecule has 0 fully saturated rings. The van der Waals surface area contributed by atoms with Crippen molar-refractivity contribution in [2.75, 3.05) is 6.61 Å². The number of hydrogen-bond donors (Lipinski definition) is 0. The first-order valence-electron chi connectivity index (χ1n) is 11.4. The van der Waals surface area contributed by atoms with Gasteiger partial charge in [-0.3, -0.25) is 0 Å². The summed E-state index contributed by atoms with van der Waals surface area (Å²) in [5.74, 6) is -2.20. The predicted molar refractivity (Wildman–Crippen MR) is 128 cm³/mol. The zero-order valence-corrected chi connectivity index (χ0v) is 20.4. The molecule has 1 heterocycles. The van der Waals surface area contributed by atoms with E-state index in [4.69, 9.17) is 21.1 Å². The van der Waals surface area contributed by atoms with Crippen molar-refractivity contribution in [3.63, 3.8) is 0 Å². The van der Waals surface area contributed by atoms with Crippen LogP contribution in [0.3, 0.4) is 0 Å². The van der Waals surface area contributed by atoms with Crippen molar-refractivity contribution in [1.29, 1.82) is 0 Å². The standard InChI is InChI=1S/C27H21ClF5NO3/c1-2-36-26(35)17-8-16(9-20(29)10-17)21-4-3-5-22(21)23-12-19(28)13-34-25(23)37-14-15-6-7-18(11-24(15)30)27(31,32)33/h6-13H,2-5,14H2,1H3. The number of carbonyl (C=O) groups is 1. The molecule has 4 nitrogen and oxygen atoms in total. The fourth-order valence-electron chi connectivity index (χ4n) is 4.20. The molecule has 1 aliphatic rings. The number of hydrogen-bond acceptors (Lipinski definition) is 4. The van der Waals surface area contributed by atoms with E-state index in [9.17, 15) is 26.7 Å². The van der Waals surface area contributed by atoms with E-state index in [1.54, 1.807) is 19.1 Å². The number of carbonyl (C=O) groups excluding carboxylic acids is 1. The summed E-state index contributed by atoms with van der Waals surface area (Å²) in [7, 11) is 0. The highest BCUT2D eigenvalue weighted by Crippen LogP contribution is 2.43. The Balaban J connectivity index is 1.68. The van der Waals surface area contributed by atoms with Gasteiger partial charge in [-0.15, -0.1) is 0 Å². The Hall–Kier alpha value is -3.46. The molecule has 0 spiro atoms. The largest absolute Gasteiger partial charge is 0.472 e. The van der Waals surface area contributed by atoms with Crippen LogP contribution < -0.4 is 4.74 Å². The topological polar surface area (TPSA) is 48.4 Å². The van der Waals surface area contributed by atoms with E-state index in [1.807, 2.05) is 0 Å². The van der Waals surface area contributed by atoms with E-state index in [2.05, 4.69) is 4.98 Å². The summed E-state index contributed by atoms with van der Waals surface area (Å²) in [5.41, 5.74) is 1.41. The van der Waals surface area contributed by atoms with Gasteiger partial charge in [0.15, 0.2) is 0 Å². The van der Waals surface area contributed by atoms with E-state index in [0.717, 1.165) is 35.8 Å². The number of ether oxygens (including phenoxy) is 2. The highest BCUT2D eigenvalue weighted by molar-refractivity contribution is 6.30. The molecule has 4 rings (SSSR count). The first kappa shape index (κ1) is 26.6. The van der Waals surface area contributed by atoms with Crippen LogP contribution in [-0.4, -0.2) is 17.6 Å². The van der Waals surface area contributed by atoms with Crippen molar-refractivity contribution in [3.05, 3.63) is 93.1 Å². The summed E-state index contributed by atoms with van der Waals surface area (Å²) in [6, 6.07) is 7.79. The minimum Gasteiger partial charge on any atom is -0.472 e. The monoisotopic (exact) mass is 537 g/mol. The lowest BCUT2D eigenvalue weighted by Gasteiger charge is -2.15. The Kier molecular flexibility index (Phi) is 7.82. The molecule has 0 atom stereocenters. The van der Waals surface area contributed by atoms with Gasteiger partial charge in [-0.1, -0.05) is 17.7 Å². The highest BCUT2D eigenvalue weighted by Gasteiger charge is 2.31. The third-order valence-electron chi connectivity index (χ3n) is 5.86. The molecule has 2 aromatic carbocycles. The van der Waals surface area contributed by atoms with Gasteiger partial charge in [0.2, 0.25) is 5.88 Å². The van der Waals surface area contributed by atoms with Gasteiger partial charge >= 0.3 is 12.1 Å². The second-order valence-electron chi connectivity index (χ2n) is 8.36. The molecule has 1 aromatic heterocycles. The van der Waals surface area contributed by atoms with Crippen molar-refractivity contribution in [1.82, 2.24) is 4.98 Å². The van der Waals surface area contributed by atoms with Crippen LogP contribution in [0.1, 0.15) is 58.8 Å². The Labute approximate surface area is 214 Å². The number of aromatic nitrogens is 1. The summed E-state index contributed by atoms with van der Waals surface area (Å²) >= 11 is 6.19. The van der Waals surface area contributed by atoms with Crippen LogP contribution in [0.5, 0.6) is 5.88 Å². The molecule has 3 aromatic rings. The first-order valence-corrected chi connectivity index (χ1v) is 11.8. The lowest BCUT2D eigenvalue weighted by molar-refractivity contribution is -0.137. The van der Waals surface area contributed by atoms with Crippen molar-refractivity contribution in [2.24, 2.45) is 0 Å². The number of pyridine rings is 1. The number of benzene rings is 2. The van der Waals surface area contributed by atoms with Crippen LogP contribution in [0.2, 0.25) is 5.02 Å². The van der Waals surface area contributed by atoms with Gasteiger partial charge in [-0.05, 0) is 79.3 Å². The van der Waals surface area contributed by atoms with Crippen molar-refractivity contribution < 1.29 is 36.2 Å². The molecule has 0 saturated carbocycles. The molecule has 0 N–H and O–H groups in total. The third kappa shape index (κ3) is 6.10. The van der Waals surface area contributed by atoms with Gasteiger partial charge < -0.3 is 9.47 Å². The molecule has 10 heteroatoms. The van der Waals surface area contributed by atoms with Crippen LogP contribution in [-0.2, 0) is 17.5 Å². The summed E-state index contributed by atoms with van der Waals surface area (Å²) in [6.07, 6.45) is -1.44. The molecule has 1 aliphatic carbocycles. The van der Waals surface area contributed by atoms with Gasteiger partial charge in [-0.2, -0.15) is 13.2 Å². The zero-order chi connectivity index (χ0) is 26.7. The molecule has 0 radical (unpaired) electrons. The minimum atomic E-state index is -4.67. The van der Waals surface area contributed by atoms with Gasteiger partial charge in [-0.25, -0.2) is 18.6 Å². The number of allylic oxidation sites excluding steroid dienone is 2. The number of nitrogens with zero attached hydrogens (tertiary/aromatic N) is 1. The van der Waals surface area contributed by atoms with Gasteiger partial charge in [0.1, 0.15) is 18.2 Å². The summed E-state index contributed by atoms with van der Waals surface area (Å²) in [6.45, 7) is 1.42. The zero-order valence-electron chi connectivity index (χ0n) is 19.6. The predicted octanol–water partition coefficient (Wildman–Crippen LogP) is 7.88. The normalized spacial score (nSPS) is 13.7. The van der Waals surface area contributed by atoms with E-state index < -0.39 is 29.3 Å². The quantitative estimate of drug-likeness (QED) is 0.227. The SMILES string of the molecule is CCOC(=O)c1cc(F)cc(C2=C(c3cc(Cl)cnc3OCc3ccc(C(F)(F)F)cc3F)CCC2)c1. The molecule has 0 amide bonds. The highest BCUT2D eigenvalue weighted by atomic mass is 35.5. The molecular weight excluding hydrogens is 517 g/mol. The van der Waals surface area contributed by atoms with Crippen LogP contribution in [0.25, 0.3) is 11.1 Å². The lowest BCUT2D eigenvalue weighted by Crippen LogP contribution is -2.08. The maximum absolute atomic E-state index is 14.4. The second-order valence-corrected chi connectivity index (χ2v) is 8.80. The fraction of sp³-hybridized carbons (Fsp3) is 0.259. The lowest BCUT2D eigenvalue weighted by atomic mass is 9.96. The van der Waals surface area contributed by atoms with Crippen LogP contribution in [0.15, 0.2) is 48.7 Å². The molecular formula is C27H21ClF5NO3. The Morgan fingerprint density at radius 3 is 2.51 bits per heavy atom. The minimum absolute atomic E-state index is 0.0778. The second kappa shape index (κ2) is 10.9. The van der Waals surface area contributed by atoms with E-state index in [0.29, 0.717) is 35.1 Å². The van der Waals surface area contributed by atoms with Crippen LogP contribution >= 0.6 is 11.6 Å². The summed E-state index contributed by atoms with van der Waals surface area (Å²) in [5, 5.41) is 0.299. The summed E-state index contributed by atoms with van der Waals surface area (Å²) < 4.78 is 78.0. The Morgan fingerprint density at radius 1 is 1.05 bits per heavy atom. The molecule has 0 aliphatic heterocycles. The molecule has 37 heavy (non-hydrogen) atoms. The maximum atomic E-state index is 14.4. The molecule has 0 bridgehead atoms. The third-order valence-corrected chi connectivity index (χ3v) is 6.07. The van der Waals surface area contributed by atoms with E-state index in [1.165, 1.54) is 12.3 Å². The van der Waals surface area contributed by atoms with E-state index >= 15 is 0 Å². The van der Waals surface area contributed by atoms with Gasteiger partial charge in [0.25, 0.3) is 0 Å². The Bertz CT molecular complexity index is 1370. The molecule has 0 saturated heterocycles. The molecule has 0 unspecified atom stereocenters. The smallest absolute Gasteiger partial charge is 0.416 e. The number of rotatable bonds is 7. The van der Waals surface area contributed by atoms with Crippen LogP contribution in [0, 0.1) is 11.6 Å². The van der Waals surface area contributed by atoms with Gasteiger partial charge in [0, 0.05) is 17.3 Å². The number of halogens is 6. The van der Waals surface area contributed by atoms with E-state index in [-0.39, 0.29) is 30.2 Å². The van der Waals surface area contributed by atoms with Crippen LogP contribution in [0.4, 0.5) is 22.0 Å². The first-order chi connectivity index (χ1) is 17.6. The van der Waals surface area contributed by atoms with Crippen molar-refractivity contribution in [2.45, 2.75) is 39.0 Å². The van der Waals surface area contributed by atoms with Crippen molar-refractivity contribution >= 4 is 28.7 Å². The number of alkyl halides is 3.